The Balaban J connectivity index is 2.27. The number of nitrogens with two attached hydrogens (primary N) is 1. The Hall–Kier alpha value is -1.82. The molecule has 0 aliphatic rings. The number of anilines is 1. The number of aliphatic hydroxyl groups excluding tert-OH is 1. The summed E-state index contributed by atoms with van der Waals surface area (Å²) < 4.78 is 1.29. The van der Waals surface area contributed by atoms with Gasteiger partial charge in [-0.3, -0.25) is 9.59 Å². The molecule has 0 aliphatic heterocycles. The monoisotopic (exact) mass is 267 g/mol. The minimum atomic E-state index is -0.243. The van der Waals surface area contributed by atoms with E-state index in [0.717, 1.165) is 25.7 Å². The Kier molecular flexibility index (Phi) is 6.67. The lowest BCUT2D eigenvalue weighted by Gasteiger charge is -2.07. The summed E-state index contributed by atoms with van der Waals surface area (Å²) in [5, 5.41) is 11.4. The van der Waals surface area contributed by atoms with Crippen LogP contribution in [0.2, 0.25) is 0 Å². The third-order valence-corrected chi connectivity index (χ3v) is 2.73. The minimum Gasteiger partial charge on any atom is -0.398 e. The van der Waals surface area contributed by atoms with Gasteiger partial charge in [0.05, 0.1) is 0 Å². The Morgan fingerprint density at radius 1 is 1.26 bits per heavy atom. The SMILES string of the molecule is Nc1ccc(=O)n(CC(=O)NCCCCCCO)c1. The summed E-state index contributed by atoms with van der Waals surface area (Å²) in [6.07, 6.45) is 5.06. The largest absolute Gasteiger partial charge is 0.398 e. The van der Waals surface area contributed by atoms with Gasteiger partial charge in [0.2, 0.25) is 5.91 Å². The van der Waals surface area contributed by atoms with Crippen LogP contribution < -0.4 is 16.6 Å². The van der Waals surface area contributed by atoms with E-state index in [4.69, 9.17) is 10.8 Å². The minimum absolute atomic E-state index is 0.0134. The first-order valence-electron chi connectivity index (χ1n) is 6.47. The van der Waals surface area contributed by atoms with E-state index in [1.807, 2.05) is 0 Å². The molecule has 1 rings (SSSR count). The predicted octanol–water partition coefficient (Wildman–Crippen LogP) is 0.0994. The van der Waals surface area contributed by atoms with Crippen LogP contribution in [0.15, 0.2) is 23.1 Å². The van der Waals surface area contributed by atoms with Crippen LogP contribution in [0.1, 0.15) is 25.7 Å². The maximum absolute atomic E-state index is 11.6. The molecule has 0 fully saturated rings. The van der Waals surface area contributed by atoms with Gasteiger partial charge in [-0.1, -0.05) is 12.8 Å². The smallest absolute Gasteiger partial charge is 0.251 e. The molecule has 4 N–H and O–H groups in total. The van der Waals surface area contributed by atoms with Crippen molar-refractivity contribution in [1.82, 2.24) is 9.88 Å². The number of hydrogen-bond acceptors (Lipinski definition) is 4. The van der Waals surface area contributed by atoms with Crippen molar-refractivity contribution < 1.29 is 9.90 Å². The normalized spacial score (nSPS) is 10.4. The highest BCUT2D eigenvalue weighted by Crippen LogP contribution is 1.98. The van der Waals surface area contributed by atoms with E-state index in [9.17, 15) is 9.59 Å². The first kappa shape index (κ1) is 15.2. The third kappa shape index (κ3) is 6.05. The average Bonchev–Trinajstić information content (AvgIpc) is 2.38. The molecule has 19 heavy (non-hydrogen) atoms. The van der Waals surface area contributed by atoms with Crippen LogP contribution in [-0.2, 0) is 11.3 Å². The van der Waals surface area contributed by atoms with Gasteiger partial charge >= 0.3 is 0 Å². The number of rotatable bonds is 8. The van der Waals surface area contributed by atoms with Crippen molar-refractivity contribution in [2.24, 2.45) is 0 Å². The van der Waals surface area contributed by atoms with Gasteiger partial charge in [-0.2, -0.15) is 0 Å². The maximum atomic E-state index is 11.6. The fraction of sp³-hybridized carbons (Fsp3) is 0.538. The Labute approximate surface area is 112 Å². The Bertz CT molecular complexity index is 457. The van der Waals surface area contributed by atoms with E-state index in [0.29, 0.717) is 12.2 Å². The number of carbonyl (C=O) groups is 1. The summed E-state index contributed by atoms with van der Waals surface area (Å²) in [5.74, 6) is -0.199. The molecule has 0 spiro atoms. The molecule has 0 bridgehead atoms. The van der Waals surface area contributed by atoms with Crippen LogP contribution in [-0.4, -0.2) is 28.7 Å². The molecule has 1 amide bonds. The number of amides is 1. The Morgan fingerprint density at radius 2 is 2.00 bits per heavy atom. The molecule has 6 heteroatoms. The molecule has 1 aromatic heterocycles. The number of nitrogens with zero attached hydrogens (tertiary/aromatic N) is 1. The van der Waals surface area contributed by atoms with Crippen molar-refractivity contribution in [1.29, 1.82) is 0 Å². The maximum Gasteiger partial charge on any atom is 0.251 e. The Morgan fingerprint density at radius 3 is 2.74 bits per heavy atom. The lowest BCUT2D eigenvalue weighted by Crippen LogP contribution is -2.32. The molecule has 0 saturated heterocycles. The lowest BCUT2D eigenvalue weighted by molar-refractivity contribution is -0.121. The molecular formula is C13H21N3O3. The van der Waals surface area contributed by atoms with Gasteiger partial charge < -0.3 is 20.7 Å². The number of aliphatic hydroxyl groups is 1. The number of nitrogens with one attached hydrogen (secondary N) is 1. The van der Waals surface area contributed by atoms with E-state index in [2.05, 4.69) is 5.32 Å². The number of nitrogen functional groups attached to an aromatic ring is 1. The highest BCUT2D eigenvalue weighted by atomic mass is 16.3. The fourth-order valence-corrected chi connectivity index (χ4v) is 1.70. The van der Waals surface area contributed by atoms with Crippen LogP contribution in [0.5, 0.6) is 0 Å². The van der Waals surface area contributed by atoms with Gasteiger partial charge in [-0.15, -0.1) is 0 Å². The second kappa shape index (κ2) is 8.31. The zero-order chi connectivity index (χ0) is 14.1. The van der Waals surface area contributed by atoms with Gasteiger partial charge in [-0.25, -0.2) is 0 Å². The van der Waals surface area contributed by atoms with Crippen molar-refractivity contribution in [3.05, 3.63) is 28.7 Å². The van der Waals surface area contributed by atoms with Gasteiger partial charge in [0.1, 0.15) is 6.54 Å². The highest BCUT2D eigenvalue weighted by molar-refractivity contribution is 5.75. The predicted molar refractivity (Wildman–Crippen MR) is 73.7 cm³/mol. The average molecular weight is 267 g/mol. The van der Waals surface area contributed by atoms with Crippen LogP contribution in [0.25, 0.3) is 0 Å². The van der Waals surface area contributed by atoms with Crippen LogP contribution in [0, 0.1) is 0 Å². The summed E-state index contributed by atoms with van der Waals surface area (Å²) in [5.41, 5.74) is 5.77. The third-order valence-electron chi connectivity index (χ3n) is 2.73. The number of pyridine rings is 1. The molecular weight excluding hydrogens is 246 g/mol. The van der Waals surface area contributed by atoms with Gasteiger partial charge in [0.25, 0.3) is 5.56 Å². The molecule has 106 valence electrons. The summed E-state index contributed by atoms with van der Waals surface area (Å²) in [6.45, 7) is 0.784. The van der Waals surface area contributed by atoms with E-state index in [-0.39, 0.29) is 24.6 Å². The van der Waals surface area contributed by atoms with E-state index < -0.39 is 0 Å². The van der Waals surface area contributed by atoms with Crippen molar-refractivity contribution in [3.8, 4) is 0 Å². The number of aromatic nitrogens is 1. The topological polar surface area (TPSA) is 97.4 Å². The summed E-state index contributed by atoms with van der Waals surface area (Å²) in [7, 11) is 0. The van der Waals surface area contributed by atoms with E-state index in [1.165, 1.54) is 22.9 Å². The van der Waals surface area contributed by atoms with Gasteiger partial charge in [-0.05, 0) is 18.9 Å². The zero-order valence-electron chi connectivity index (χ0n) is 11.0. The standard InChI is InChI=1S/C13H21N3O3/c14-11-5-6-13(19)16(9-11)10-12(18)15-7-3-1-2-4-8-17/h5-6,9,17H,1-4,7-8,10,14H2,(H,15,18). The second-order valence-corrected chi connectivity index (χ2v) is 4.42. The van der Waals surface area contributed by atoms with E-state index >= 15 is 0 Å². The molecule has 0 atom stereocenters. The molecule has 0 aromatic carbocycles. The molecule has 1 aromatic rings. The van der Waals surface area contributed by atoms with Crippen molar-refractivity contribution in [2.75, 3.05) is 18.9 Å². The summed E-state index contributed by atoms with van der Waals surface area (Å²) in [6, 6.07) is 2.86. The molecule has 0 radical (unpaired) electrons. The fourth-order valence-electron chi connectivity index (χ4n) is 1.70. The van der Waals surface area contributed by atoms with Gasteiger partial charge in [0, 0.05) is 31.1 Å². The first-order valence-corrected chi connectivity index (χ1v) is 6.47. The van der Waals surface area contributed by atoms with Crippen LogP contribution >= 0.6 is 0 Å². The molecule has 0 unspecified atom stereocenters. The second-order valence-electron chi connectivity index (χ2n) is 4.42. The number of unbranched alkanes of at least 4 members (excludes halogenated alkanes) is 3. The molecule has 6 nitrogen and oxygen atoms in total. The van der Waals surface area contributed by atoms with Crippen LogP contribution in [0.3, 0.4) is 0 Å². The molecule has 0 saturated carbocycles. The van der Waals surface area contributed by atoms with Crippen molar-refractivity contribution in [3.63, 3.8) is 0 Å². The van der Waals surface area contributed by atoms with Gasteiger partial charge in [0.15, 0.2) is 0 Å². The zero-order valence-corrected chi connectivity index (χ0v) is 11.0. The summed E-state index contributed by atoms with van der Waals surface area (Å²) in [4.78, 5) is 23.1. The highest BCUT2D eigenvalue weighted by Gasteiger charge is 2.03. The summed E-state index contributed by atoms with van der Waals surface area (Å²) >= 11 is 0. The molecule has 0 aliphatic carbocycles. The van der Waals surface area contributed by atoms with Crippen molar-refractivity contribution >= 4 is 11.6 Å². The van der Waals surface area contributed by atoms with Crippen molar-refractivity contribution in [2.45, 2.75) is 32.2 Å². The van der Waals surface area contributed by atoms with Crippen LogP contribution in [0.4, 0.5) is 5.69 Å². The number of hydrogen-bond donors (Lipinski definition) is 3. The number of carbonyl (C=O) groups excluding carboxylic acids is 1. The van der Waals surface area contributed by atoms with E-state index in [1.54, 1.807) is 0 Å². The molecule has 1 heterocycles. The lowest BCUT2D eigenvalue weighted by atomic mass is 10.2. The first-order chi connectivity index (χ1) is 9.13. The quantitative estimate of drug-likeness (QED) is 0.582.